The number of thiazole rings is 1. The summed E-state index contributed by atoms with van der Waals surface area (Å²) in [5.74, 6) is 0.644. The maximum absolute atomic E-state index is 8.91. The normalized spacial score (nSPS) is 21.0. The molecule has 1 aromatic rings. The third-order valence-electron chi connectivity index (χ3n) is 3.69. The van der Waals surface area contributed by atoms with E-state index in [1.807, 2.05) is 0 Å². The molecule has 2 aliphatic rings. The first-order valence-electron chi connectivity index (χ1n) is 6.58. The van der Waals surface area contributed by atoms with Crippen molar-refractivity contribution < 1.29 is 0 Å². The summed E-state index contributed by atoms with van der Waals surface area (Å²) in [6, 6.07) is 2.27. The van der Waals surface area contributed by atoms with Gasteiger partial charge in [0.15, 0.2) is 5.13 Å². The largest absolute Gasteiger partial charge is 0.346 e. The van der Waals surface area contributed by atoms with E-state index in [2.05, 4.69) is 22.9 Å². The highest BCUT2D eigenvalue weighted by Crippen LogP contribution is 2.44. The number of aromatic nitrogens is 1. The molecule has 1 saturated heterocycles. The number of anilines is 1. The number of nitrogens with zero attached hydrogens (tertiary/aromatic N) is 4. The lowest BCUT2D eigenvalue weighted by Crippen LogP contribution is -2.44. The summed E-state index contributed by atoms with van der Waals surface area (Å²) in [7, 11) is 2.16. The van der Waals surface area contributed by atoms with Crippen LogP contribution < -0.4 is 4.90 Å². The number of nitriles is 1. The lowest BCUT2D eigenvalue weighted by Gasteiger charge is -2.32. The minimum absolute atomic E-state index is 0.525. The van der Waals surface area contributed by atoms with Crippen molar-refractivity contribution >= 4 is 16.5 Å². The van der Waals surface area contributed by atoms with Crippen LogP contribution in [-0.2, 0) is 6.42 Å². The summed E-state index contributed by atoms with van der Waals surface area (Å²) >= 11 is 1.73. The van der Waals surface area contributed by atoms with Crippen LogP contribution in [0.25, 0.3) is 0 Å². The second-order valence-electron chi connectivity index (χ2n) is 5.20. The number of piperazine rings is 1. The third-order valence-corrected chi connectivity index (χ3v) is 4.83. The fourth-order valence-electron chi connectivity index (χ4n) is 2.36. The van der Waals surface area contributed by atoms with Gasteiger partial charge in [-0.05, 0) is 19.9 Å². The van der Waals surface area contributed by atoms with Crippen molar-refractivity contribution in [3.8, 4) is 6.07 Å². The molecule has 0 N–H and O–H groups in total. The molecule has 0 spiro atoms. The monoisotopic (exact) mass is 262 g/mol. The predicted octanol–water partition coefficient (Wildman–Crippen LogP) is 1.84. The molecule has 2 fully saturated rings. The van der Waals surface area contributed by atoms with Crippen molar-refractivity contribution in [3.05, 3.63) is 10.6 Å². The van der Waals surface area contributed by atoms with E-state index in [9.17, 15) is 0 Å². The summed E-state index contributed by atoms with van der Waals surface area (Å²) in [5.41, 5.74) is 1.22. The van der Waals surface area contributed by atoms with Crippen LogP contribution in [0.15, 0.2) is 0 Å². The van der Waals surface area contributed by atoms with Crippen molar-refractivity contribution in [1.29, 1.82) is 5.26 Å². The highest BCUT2D eigenvalue weighted by Gasteiger charge is 2.30. The Kier molecular flexibility index (Phi) is 3.23. The lowest BCUT2D eigenvalue weighted by molar-refractivity contribution is 0.312. The van der Waals surface area contributed by atoms with Gasteiger partial charge in [-0.1, -0.05) is 0 Å². The van der Waals surface area contributed by atoms with Gasteiger partial charge in [0.2, 0.25) is 0 Å². The lowest BCUT2D eigenvalue weighted by atomic mass is 10.2. The molecule has 96 valence electrons. The molecule has 0 atom stereocenters. The number of hydrogen-bond donors (Lipinski definition) is 0. The van der Waals surface area contributed by atoms with Gasteiger partial charge in [-0.3, -0.25) is 0 Å². The fourth-order valence-corrected chi connectivity index (χ4v) is 3.49. The molecule has 4 nitrogen and oxygen atoms in total. The Morgan fingerprint density at radius 2 is 2.06 bits per heavy atom. The molecule has 0 unspecified atom stereocenters. The topological polar surface area (TPSA) is 43.2 Å². The summed E-state index contributed by atoms with van der Waals surface area (Å²) in [6.07, 6.45) is 3.03. The fraction of sp³-hybridized carbons (Fsp3) is 0.692. The molecule has 0 radical (unpaired) electrons. The molecule has 0 amide bonds. The molecule has 1 saturated carbocycles. The average Bonchev–Trinajstić information content (AvgIpc) is 3.13. The van der Waals surface area contributed by atoms with Crippen LogP contribution in [0.5, 0.6) is 0 Å². The Labute approximate surface area is 112 Å². The van der Waals surface area contributed by atoms with Gasteiger partial charge in [0.25, 0.3) is 0 Å². The molecule has 1 aliphatic carbocycles. The maximum atomic E-state index is 8.91. The van der Waals surface area contributed by atoms with Gasteiger partial charge in [0.05, 0.1) is 18.2 Å². The van der Waals surface area contributed by atoms with Crippen molar-refractivity contribution in [1.82, 2.24) is 9.88 Å². The second-order valence-corrected chi connectivity index (χ2v) is 6.27. The SMILES string of the molecule is CN1CCN(c2nc(C3CC3)c(CC#N)s2)CC1. The zero-order valence-electron chi connectivity index (χ0n) is 10.7. The average molecular weight is 262 g/mol. The van der Waals surface area contributed by atoms with E-state index < -0.39 is 0 Å². The van der Waals surface area contributed by atoms with Gasteiger partial charge in [0.1, 0.15) is 0 Å². The highest BCUT2D eigenvalue weighted by molar-refractivity contribution is 7.15. The summed E-state index contributed by atoms with van der Waals surface area (Å²) in [4.78, 5) is 10.7. The number of rotatable bonds is 3. The van der Waals surface area contributed by atoms with Gasteiger partial charge >= 0.3 is 0 Å². The van der Waals surface area contributed by atoms with Crippen molar-refractivity contribution in [2.24, 2.45) is 0 Å². The van der Waals surface area contributed by atoms with Crippen molar-refractivity contribution in [3.63, 3.8) is 0 Å². The van der Waals surface area contributed by atoms with Crippen LogP contribution in [-0.4, -0.2) is 43.1 Å². The Bertz CT molecular complexity index is 464. The van der Waals surface area contributed by atoms with Crippen LogP contribution in [0.4, 0.5) is 5.13 Å². The Morgan fingerprint density at radius 3 is 2.67 bits per heavy atom. The predicted molar refractivity (Wildman–Crippen MR) is 73.1 cm³/mol. The van der Waals surface area contributed by atoms with Crippen LogP contribution in [0.3, 0.4) is 0 Å². The quantitative estimate of drug-likeness (QED) is 0.833. The molecular formula is C13H18N4S. The number of likely N-dealkylation sites (N-methyl/N-ethyl adjacent to an activating group) is 1. The molecule has 18 heavy (non-hydrogen) atoms. The van der Waals surface area contributed by atoms with Crippen LogP contribution in [0.1, 0.15) is 29.3 Å². The minimum Gasteiger partial charge on any atom is -0.346 e. The third kappa shape index (κ3) is 2.36. The second kappa shape index (κ2) is 4.87. The Hall–Kier alpha value is -1.12. The van der Waals surface area contributed by atoms with Gasteiger partial charge in [-0.25, -0.2) is 4.98 Å². The van der Waals surface area contributed by atoms with Gasteiger partial charge in [-0.15, -0.1) is 11.3 Å². The summed E-state index contributed by atoms with van der Waals surface area (Å²) < 4.78 is 0. The standard InChI is InChI=1S/C13H18N4S/c1-16-6-8-17(9-7-16)13-15-12(10-2-3-10)11(18-13)4-5-14/h10H,2-4,6-9H2,1H3. The molecule has 2 heterocycles. The zero-order valence-corrected chi connectivity index (χ0v) is 11.5. The highest BCUT2D eigenvalue weighted by atomic mass is 32.1. The molecule has 3 rings (SSSR count). The van der Waals surface area contributed by atoms with Gasteiger partial charge < -0.3 is 9.80 Å². The van der Waals surface area contributed by atoms with E-state index in [0.717, 1.165) is 31.3 Å². The maximum Gasteiger partial charge on any atom is 0.185 e. The summed E-state index contributed by atoms with van der Waals surface area (Å²) in [6.45, 7) is 4.32. The number of hydrogen-bond acceptors (Lipinski definition) is 5. The first-order valence-corrected chi connectivity index (χ1v) is 7.39. The van der Waals surface area contributed by atoms with E-state index in [1.54, 1.807) is 11.3 Å². The first kappa shape index (κ1) is 11.9. The van der Waals surface area contributed by atoms with E-state index >= 15 is 0 Å². The molecule has 0 bridgehead atoms. The van der Waals surface area contributed by atoms with E-state index in [-0.39, 0.29) is 0 Å². The van der Waals surface area contributed by atoms with E-state index in [1.165, 1.54) is 23.4 Å². The zero-order chi connectivity index (χ0) is 12.5. The van der Waals surface area contributed by atoms with Crippen molar-refractivity contribution in [2.75, 3.05) is 38.1 Å². The molecule has 1 aliphatic heterocycles. The van der Waals surface area contributed by atoms with E-state index in [4.69, 9.17) is 10.2 Å². The first-order chi connectivity index (χ1) is 8.78. The minimum atomic E-state index is 0.525. The van der Waals surface area contributed by atoms with E-state index in [0.29, 0.717) is 12.3 Å². The Balaban J connectivity index is 1.79. The summed E-state index contributed by atoms with van der Waals surface area (Å²) in [5, 5.41) is 10.0. The van der Waals surface area contributed by atoms with Gasteiger partial charge in [0, 0.05) is 37.0 Å². The molecule has 1 aromatic heterocycles. The van der Waals surface area contributed by atoms with Crippen LogP contribution in [0, 0.1) is 11.3 Å². The molecule has 5 heteroatoms. The van der Waals surface area contributed by atoms with Crippen LogP contribution >= 0.6 is 11.3 Å². The van der Waals surface area contributed by atoms with Gasteiger partial charge in [-0.2, -0.15) is 5.26 Å². The molecular weight excluding hydrogens is 244 g/mol. The molecule has 0 aromatic carbocycles. The Morgan fingerprint density at radius 1 is 1.33 bits per heavy atom. The van der Waals surface area contributed by atoms with Crippen molar-refractivity contribution in [2.45, 2.75) is 25.2 Å². The van der Waals surface area contributed by atoms with Crippen LogP contribution in [0.2, 0.25) is 0 Å². The smallest absolute Gasteiger partial charge is 0.185 e.